The highest BCUT2D eigenvalue weighted by Crippen LogP contribution is 2.42. The Morgan fingerprint density at radius 2 is 1.76 bits per heavy atom. The third-order valence-corrected chi connectivity index (χ3v) is 5.01. The highest BCUT2D eigenvalue weighted by Gasteiger charge is 2.50. The fraction of sp³-hybridized carbons (Fsp3) is 0.333. The topological polar surface area (TPSA) is 77.2 Å². The Bertz CT molecular complexity index is 1070. The molecule has 0 fully saturated rings. The van der Waals surface area contributed by atoms with Crippen molar-refractivity contribution in [3.05, 3.63) is 58.9 Å². The normalized spacial score (nSPS) is 18.3. The summed E-state index contributed by atoms with van der Waals surface area (Å²) in [4.78, 5) is 18.5. The molecule has 0 aromatic heterocycles. The molecule has 2 aromatic carbocycles. The van der Waals surface area contributed by atoms with Gasteiger partial charge in [-0.15, -0.1) is 0 Å². The summed E-state index contributed by atoms with van der Waals surface area (Å²) in [6.45, 7) is -5.16. The van der Waals surface area contributed by atoms with Gasteiger partial charge in [-0.25, -0.2) is 18.2 Å². The molecule has 1 aliphatic rings. The van der Waals surface area contributed by atoms with Gasteiger partial charge in [0.05, 0.1) is 6.67 Å². The van der Waals surface area contributed by atoms with E-state index in [0.29, 0.717) is 0 Å². The maximum Gasteiger partial charge on any atom is 0.387 e. The van der Waals surface area contributed by atoms with Gasteiger partial charge in [0.2, 0.25) is 0 Å². The number of hydrogen-bond donors (Lipinski definition) is 1. The lowest BCUT2D eigenvalue weighted by Gasteiger charge is -2.27. The van der Waals surface area contributed by atoms with Crippen molar-refractivity contribution in [3.8, 4) is 11.5 Å². The lowest BCUT2D eigenvalue weighted by atomic mass is 9.81. The first-order valence-corrected chi connectivity index (χ1v) is 9.58. The molecule has 3 rings (SSSR count). The third kappa shape index (κ3) is 4.69. The minimum Gasteiger partial charge on any atom is -0.485 e. The standard InChI is InChI=1S/C21H19F6N3O3/c1-30-18(31)21(29-20(30)28,13-2-4-14(23)16(9-13)32-10-17(24)25)12-3-5-15(33-19(26)27)11(8-12)6-7-22/h2-5,8-9,17,19H,6-7,10H2,1H3,(H2,28,29). The smallest absolute Gasteiger partial charge is 0.387 e. The summed E-state index contributed by atoms with van der Waals surface area (Å²) in [5.41, 5.74) is 4.05. The van der Waals surface area contributed by atoms with Gasteiger partial charge in [-0.1, -0.05) is 12.1 Å². The van der Waals surface area contributed by atoms with Gasteiger partial charge in [-0.05, 0) is 41.0 Å². The van der Waals surface area contributed by atoms with Gasteiger partial charge in [0.15, 0.2) is 23.1 Å². The fourth-order valence-corrected chi connectivity index (χ4v) is 3.49. The van der Waals surface area contributed by atoms with E-state index in [2.05, 4.69) is 9.73 Å². The zero-order chi connectivity index (χ0) is 24.3. The Balaban J connectivity index is 2.20. The van der Waals surface area contributed by atoms with Crippen LogP contribution in [-0.2, 0) is 16.8 Å². The predicted octanol–water partition coefficient (Wildman–Crippen LogP) is 3.61. The number of hydrogen-bond acceptors (Lipinski definition) is 5. The number of alkyl halides is 5. The maximum absolute atomic E-state index is 14.2. The Kier molecular flexibility index (Phi) is 7.04. The number of benzene rings is 2. The molecule has 0 bridgehead atoms. The maximum atomic E-state index is 14.2. The van der Waals surface area contributed by atoms with Crippen LogP contribution in [0.5, 0.6) is 11.5 Å². The Labute approximate surface area is 184 Å². The van der Waals surface area contributed by atoms with Crippen LogP contribution < -0.4 is 15.2 Å². The lowest BCUT2D eigenvalue weighted by Crippen LogP contribution is -2.41. The van der Waals surface area contributed by atoms with Crippen LogP contribution in [0.2, 0.25) is 0 Å². The van der Waals surface area contributed by atoms with E-state index < -0.39 is 49.3 Å². The monoisotopic (exact) mass is 475 g/mol. The van der Waals surface area contributed by atoms with Gasteiger partial charge in [0.1, 0.15) is 12.4 Å². The van der Waals surface area contributed by atoms with Crippen molar-refractivity contribution >= 4 is 11.9 Å². The van der Waals surface area contributed by atoms with Crippen LogP contribution in [-0.4, -0.2) is 50.1 Å². The second-order valence-corrected chi connectivity index (χ2v) is 7.03. The zero-order valence-corrected chi connectivity index (χ0v) is 17.2. The Morgan fingerprint density at radius 3 is 2.33 bits per heavy atom. The number of nitrogens with zero attached hydrogens (tertiary/aromatic N) is 2. The summed E-state index contributed by atoms with van der Waals surface area (Å²) in [7, 11) is 1.33. The first kappa shape index (κ1) is 24.2. The molecule has 12 heteroatoms. The quantitative estimate of drug-likeness (QED) is 0.563. The number of amides is 1. The molecule has 1 heterocycles. The highest BCUT2D eigenvalue weighted by atomic mass is 19.3. The number of likely N-dealkylation sites (N-methyl/N-ethyl adjacent to an activating group) is 1. The first-order valence-electron chi connectivity index (χ1n) is 9.58. The highest BCUT2D eigenvalue weighted by molar-refractivity contribution is 6.09. The minimum absolute atomic E-state index is 0.0131. The Morgan fingerprint density at radius 1 is 1.09 bits per heavy atom. The van der Waals surface area contributed by atoms with Gasteiger partial charge in [0.25, 0.3) is 12.3 Å². The summed E-state index contributed by atoms with van der Waals surface area (Å²) in [6, 6.07) is 6.78. The van der Waals surface area contributed by atoms with E-state index in [1.807, 2.05) is 0 Å². The van der Waals surface area contributed by atoms with E-state index >= 15 is 0 Å². The number of halogens is 6. The number of aliphatic imine (C=N–C) groups is 1. The van der Waals surface area contributed by atoms with E-state index in [9.17, 15) is 31.1 Å². The summed E-state index contributed by atoms with van der Waals surface area (Å²) >= 11 is 0. The molecule has 0 aliphatic carbocycles. The van der Waals surface area contributed by atoms with E-state index in [1.54, 1.807) is 0 Å². The van der Waals surface area contributed by atoms with Crippen molar-refractivity contribution in [2.24, 2.45) is 10.7 Å². The van der Waals surface area contributed by atoms with Gasteiger partial charge < -0.3 is 15.2 Å². The van der Waals surface area contributed by atoms with Gasteiger partial charge in [0, 0.05) is 13.5 Å². The number of rotatable bonds is 9. The molecule has 1 unspecified atom stereocenters. The number of ether oxygens (including phenoxy) is 2. The van der Waals surface area contributed by atoms with Crippen LogP contribution in [0.15, 0.2) is 41.4 Å². The molecule has 1 atom stereocenters. The average Bonchev–Trinajstić information content (AvgIpc) is 2.99. The Hall–Kier alpha value is -3.44. The molecule has 0 saturated carbocycles. The summed E-state index contributed by atoms with van der Waals surface area (Å²) in [6.07, 6.45) is -3.18. The van der Waals surface area contributed by atoms with E-state index in [1.165, 1.54) is 25.2 Å². The van der Waals surface area contributed by atoms with Crippen LogP contribution in [0, 0.1) is 5.82 Å². The minimum atomic E-state index is -3.16. The van der Waals surface area contributed by atoms with Crippen LogP contribution in [0.1, 0.15) is 16.7 Å². The number of carbonyl (C=O) groups excluding carboxylic acids is 1. The lowest BCUT2D eigenvalue weighted by molar-refractivity contribution is -0.129. The molecule has 178 valence electrons. The van der Waals surface area contributed by atoms with Crippen molar-refractivity contribution in [3.63, 3.8) is 0 Å². The molecule has 6 nitrogen and oxygen atoms in total. The molecule has 0 spiro atoms. The predicted molar refractivity (Wildman–Crippen MR) is 106 cm³/mol. The summed E-state index contributed by atoms with van der Waals surface area (Å²) < 4.78 is 87.1. The second kappa shape index (κ2) is 9.59. The van der Waals surface area contributed by atoms with Crippen molar-refractivity contribution in [2.75, 3.05) is 20.3 Å². The molecule has 1 aliphatic heterocycles. The molecule has 1 amide bonds. The zero-order valence-electron chi connectivity index (χ0n) is 17.2. The van der Waals surface area contributed by atoms with Gasteiger partial charge >= 0.3 is 6.61 Å². The SMILES string of the molecule is CN1C(=O)C(c2ccc(OC(F)F)c(CCF)c2)(c2ccc(F)c(OCC(F)F)c2)N=C1N. The molecule has 33 heavy (non-hydrogen) atoms. The number of guanidine groups is 1. The second-order valence-electron chi connectivity index (χ2n) is 7.03. The van der Waals surface area contributed by atoms with Crippen LogP contribution >= 0.6 is 0 Å². The van der Waals surface area contributed by atoms with Crippen LogP contribution in [0.25, 0.3) is 0 Å². The number of nitrogens with two attached hydrogens (primary N) is 1. The van der Waals surface area contributed by atoms with E-state index in [0.717, 1.165) is 23.1 Å². The first-order chi connectivity index (χ1) is 15.6. The summed E-state index contributed by atoms with van der Waals surface area (Å²) in [5.74, 6) is -2.70. The summed E-state index contributed by atoms with van der Waals surface area (Å²) in [5, 5.41) is 0. The number of carbonyl (C=O) groups is 1. The van der Waals surface area contributed by atoms with Crippen molar-refractivity contribution < 1.29 is 40.6 Å². The molecular formula is C21H19F6N3O3. The molecular weight excluding hydrogens is 456 g/mol. The van der Waals surface area contributed by atoms with Gasteiger partial charge in [-0.2, -0.15) is 8.78 Å². The largest absolute Gasteiger partial charge is 0.485 e. The van der Waals surface area contributed by atoms with Crippen molar-refractivity contribution in [2.45, 2.75) is 25.0 Å². The van der Waals surface area contributed by atoms with Gasteiger partial charge in [-0.3, -0.25) is 14.1 Å². The number of aryl methyl sites for hydroxylation is 1. The average molecular weight is 475 g/mol. The van der Waals surface area contributed by atoms with Crippen molar-refractivity contribution in [1.29, 1.82) is 0 Å². The van der Waals surface area contributed by atoms with E-state index in [4.69, 9.17) is 10.5 Å². The molecule has 0 radical (unpaired) electrons. The molecule has 2 N–H and O–H groups in total. The molecule has 0 saturated heterocycles. The third-order valence-electron chi connectivity index (χ3n) is 5.01. The molecule has 2 aromatic rings. The fourth-order valence-electron chi connectivity index (χ4n) is 3.49. The van der Waals surface area contributed by atoms with Crippen LogP contribution in [0.3, 0.4) is 0 Å². The van der Waals surface area contributed by atoms with E-state index in [-0.39, 0.29) is 34.8 Å². The van der Waals surface area contributed by atoms with Crippen molar-refractivity contribution in [1.82, 2.24) is 4.90 Å². The van der Waals surface area contributed by atoms with Crippen LogP contribution in [0.4, 0.5) is 26.3 Å².